The summed E-state index contributed by atoms with van der Waals surface area (Å²) in [6.45, 7) is 6.97. The number of esters is 1. The van der Waals surface area contributed by atoms with Gasteiger partial charge in [-0.15, -0.1) is 0 Å². The normalized spacial score (nSPS) is 18.7. The summed E-state index contributed by atoms with van der Waals surface area (Å²) in [4.78, 5) is 30.3. The minimum atomic E-state index is -0.755. The van der Waals surface area contributed by atoms with E-state index in [0.717, 1.165) is 0 Å². The first kappa shape index (κ1) is 16.1. The van der Waals surface area contributed by atoms with Gasteiger partial charge >= 0.3 is 5.97 Å². The van der Waals surface area contributed by atoms with Crippen LogP contribution in [-0.2, 0) is 14.3 Å². The van der Waals surface area contributed by atoms with Crippen molar-refractivity contribution < 1.29 is 19.1 Å². The highest BCUT2D eigenvalue weighted by molar-refractivity contribution is 6.03. The lowest BCUT2D eigenvalue weighted by atomic mass is 10.1. The fourth-order valence-corrected chi connectivity index (χ4v) is 2.32. The van der Waals surface area contributed by atoms with E-state index >= 15 is 0 Å². The molecule has 1 aromatic rings. The second-order valence-corrected chi connectivity index (χ2v) is 5.44. The third-order valence-corrected chi connectivity index (χ3v) is 3.30. The van der Waals surface area contributed by atoms with Crippen LogP contribution in [0.2, 0.25) is 0 Å². The van der Waals surface area contributed by atoms with Crippen LogP contribution in [-0.4, -0.2) is 35.1 Å². The minimum Gasteiger partial charge on any atom is -0.477 e. The summed E-state index contributed by atoms with van der Waals surface area (Å²) in [6, 6.07) is 2.48. The van der Waals surface area contributed by atoms with Gasteiger partial charge in [0.05, 0.1) is 6.10 Å². The van der Waals surface area contributed by atoms with E-state index in [9.17, 15) is 9.59 Å². The molecular weight excluding hydrogens is 286 g/mol. The third kappa shape index (κ3) is 2.98. The molecule has 1 aliphatic heterocycles. The van der Waals surface area contributed by atoms with E-state index in [1.165, 1.54) is 4.90 Å². The third-order valence-electron chi connectivity index (χ3n) is 3.30. The molecule has 2 rings (SSSR count). The van der Waals surface area contributed by atoms with Crippen LogP contribution in [0.5, 0.6) is 5.75 Å². The first-order chi connectivity index (χ1) is 10.3. The van der Waals surface area contributed by atoms with Crippen molar-refractivity contribution >= 4 is 23.5 Å². The molecule has 0 saturated heterocycles. The van der Waals surface area contributed by atoms with Crippen LogP contribution >= 0.6 is 0 Å². The molecule has 2 heterocycles. The average Bonchev–Trinajstić information content (AvgIpc) is 2.43. The standard InChI is InChI=1S/C15H21N3O4/c1-5-10(15(20)21-8(2)3)18-13-11(6-7-12(16)17-13)22-9(4)14(18)19/h6-10H,5H2,1-4H3,(H2,16,17). The monoisotopic (exact) mass is 307 g/mol. The van der Waals surface area contributed by atoms with E-state index in [0.29, 0.717) is 12.2 Å². The molecule has 0 saturated carbocycles. The Morgan fingerprint density at radius 1 is 1.50 bits per heavy atom. The second-order valence-electron chi connectivity index (χ2n) is 5.44. The van der Waals surface area contributed by atoms with Crippen molar-refractivity contribution in [3.63, 3.8) is 0 Å². The number of nitrogens with two attached hydrogens (primary N) is 1. The molecule has 7 heteroatoms. The fourth-order valence-electron chi connectivity index (χ4n) is 2.32. The average molecular weight is 307 g/mol. The van der Waals surface area contributed by atoms with Gasteiger partial charge in [-0.05, 0) is 39.3 Å². The molecular formula is C15H21N3O4. The Balaban J connectivity index is 2.44. The number of pyridine rings is 1. The zero-order chi connectivity index (χ0) is 16.4. The first-order valence-corrected chi connectivity index (χ1v) is 7.31. The molecule has 0 fully saturated rings. The molecule has 2 unspecified atom stereocenters. The number of fused-ring (bicyclic) bond motifs is 1. The number of hydrogen-bond donors (Lipinski definition) is 1. The highest BCUT2D eigenvalue weighted by atomic mass is 16.5. The zero-order valence-corrected chi connectivity index (χ0v) is 13.2. The van der Waals surface area contributed by atoms with E-state index in [4.69, 9.17) is 15.2 Å². The van der Waals surface area contributed by atoms with Gasteiger partial charge in [-0.25, -0.2) is 9.78 Å². The van der Waals surface area contributed by atoms with Crippen molar-refractivity contribution in [2.24, 2.45) is 0 Å². The number of ether oxygens (including phenoxy) is 2. The van der Waals surface area contributed by atoms with Crippen LogP contribution in [0.15, 0.2) is 12.1 Å². The number of hydrogen-bond acceptors (Lipinski definition) is 6. The van der Waals surface area contributed by atoms with Crippen molar-refractivity contribution in [1.82, 2.24) is 4.98 Å². The quantitative estimate of drug-likeness (QED) is 0.847. The van der Waals surface area contributed by atoms with Gasteiger partial charge in [0.25, 0.3) is 5.91 Å². The molecule has 1 amide bonds. The van der Waals surface area contributed by atoms with E-state index in [2.05, 4.69) is 4.98 Å². The van der Waals surface area contributed by atoms with Crippen molar-refractivity contribution in [2.75, 3.05) is 10.6 Å². The Morgan fingerprint density at radius 3 is 2.77 bits per heavy atom. The largest absolute Gasteiger partial charge is 0.477 e. The van der Waals surface area contributed by atoms with Crippen LogP contribution in [0.3, 0.4) is 0 Å². The highest BCUT2D eigenvalue weighted by Crippen LogP contribution is 2.35. The number of anilines is 2. The topological polar surface area (TPSA) is 94.8 Å². The van der Waals surface area contributed by atoms with Crippen LogP contribution < -0.4 is 15.4 Å². The Hall–Kier alpha value is -2.31. The molecule has 0 aliphatic carbocycles. The van der Waals surface area contributed by atoms with Crippen LogP contribution in [0, 0.1) is 0 Å². The van der Waals surface area contributed by atoms with Gasteiger partial charge in [-0.1, -0.05) is 6.92 Å². The molecule has 0 spiro atoms. The first-order valence-electron chi connectivity index (χ1n) is 7.31. The molecule has 0 bridgehead atoms. The van der Waals surface area contributed by atoms with Crippen molar-refractivity contribution in [1.29, 1.82) is 0 Å². The van der Waals surface area contributed by atoms with Crippen LogP contribution in [0.1, 0.15) is 34.1 Å². The van der Waals surface area contributed by atoms with E-state index < -0.39 is 18.1 Å². The van der Waals surface area contributed by atoms with Gasteiger partial charge < -0.3 is 15.2 Å². The lowest BCUT2D eigenvalue weighted by Gasteiger charge is -2.36. The van der Waals surface area contributed by atoms with E-state index in [1.54, 1.807) is 32.9 Å². The summed E-state index contributed by atoms with van der Waals surface area (Å²) in [5.41, 5.74) is 5.70. The second kappa shape index (κ2) is 6.21. The summed E-state index contributed by atoms with van der Waals surface area (Å²) >= 11 is 0. The smallest absolute Gasteiger partial charge is 0.329 e. The summed E-state index contributed by atoms with van der Waals surface area (Å²) in [6.07, 6.45) is -0.554. The predicted octanol–water partition coefficient (Wildman–Crippen LogP) is 1.51. The number of nitrogen functional groups attached to an aromatic ring is 1. The number of rotatable bonds is 4. The highest BCUT2D eigenvalue weighted by Gasteiger charge is 2.40. The molecule has 120 valence electrons. The van der Waals surface area contributed by atoms with Gasteiger partial charge in [0.15, 0.2) is 17.7 Å². The van der Waals surface area contributed by atoms with Crippen molar-refractivity contribution in [2.45, 2.75) is 52.4 Å². The number of carbonyl (C=O) groups excluding carboxylic acids is 2. The lowest BCUT2D eigenvalue weighted by molar-refractivity contribution is -0.150. The number of nitrogens with zero attached hydrogens (tertiary/aromatic N) is 2. The molecule has 2 atom stereocenters. The fraction of sp³-hybridized carbons (Fsp3) is 0.533. The van der Waals surface area contributed by atoms with Gasteiger partial charge in [-0.3, -0.25) is 9.69 Å². The molecule has 0 radical (unpaired) electrons. The van der Waals surface area contributed by atoms with Crippen LogP contribution in [0.4, 0.5) is 11.6 Å². The zero-order valence-electron chi connectivity index (χ0n) is 13.2. The maximum absolute atomic E-state index is 12.5. The molecule has 2 N–H and O–H groups in total. The maximum Gasteiger partial charge on any atom is 0.329 e. The summed E-state index contributed by atoms with van der Waals surface area (Å²) in [5.74, 6) is 0.141. The molecule has 7 nitrogen and oxygen atoms in total. The van der Waals surface area contributed by atoms with Gasteiger partial charge in [-0.2, -0.15) is 0 Å². The summed E-state index contributed by atoms with van der Waals surface area (Å²) in [7, 11) is 0. The molecule has 22 heavy (non-hydrogen) atoms. The van der Waals surface area contributed by atoms with Gasteiger partial charge in [0.1, 0.15) is 11.9 Å². The Morgan fingerprint density at radius 2 is 2.18 bits per heavy atom. The summed E-state index contributed by atoms with van der Waals surface area (Å²) in [5, 5.41) is 0. The molecule has 1 aliphatic rings. The van der Waals surface area contributed by atoms with Crippen molar-refractivity contribution in [3.05, 3.63) is 12.1 Å². The van der Waals surface area contributed by atoms with Gasteiger partial charge in [0.2, 0.25) is 0 Å². The van der Waals surface area contributed by atoms with Gasteiger partial charge in [0, 0.05) is 0 Å². The molecule has 0 aromatic carbocycles. The summed E-state index contributed by atoms with van der Waals surface area (Å²) < 4.78 is 10.8. The van der Waals surface area contributed by atoms with E-state index in [1.807, 2.05) is 6.92 Å². The minimum absolute atomic E-state index is 0.252. The molecule has 1 aromatic heterocycles. The van der Waals surface area contributed by atoms with Crippen LogP contribution in [0.25, 0.3) is 0 Å². The maximum atomic E-state index is 12.5. The Labute approximate surface area is 129 Å². The van der Waals surface area contributed by atoms with E-state index in [-0.39, 0.29) is 23.6 Å². The Kier molecular flexibility index (Phi) is 4.54. The number of amides is 1. The SMILES string of the molecule is CCC(C(=O)OC(C)C)N1C(=O)C(C)Oc2ccc(N)nc21. The Bertz CT molecular complexity index is 588. The number of aromatic nitrogens is 1. The number of carbonyl (C=O) groups is 2. The predicted molar refractivity (Wildman–Crippen MR) is 81.5 cm³/mol. The lowest BCUT2D eigenvalue weighted by Crippen LogP contribution is -2.53. The van der Waals surface area contributed by atoms with Crippen molar-refractivity contribution in [3.8, 4) is 5.75 Å².